The third-order valence-electron chi connectivity index (χ3n) is 4.34. The highest BCUT2D eigenvalue weighted by Gasteiger charge is 2.19. The van der Waals surface area contributed by atoms with Crippen LogP contribution in [0.5, 0.6) is 5.75 Å². The van der Waals surface area contributed by atoms with Gasteiger partial charge in [-0.15, -0.1) is 0 Å². The van der Waals surface area contributed by atoms with Crippen molar-refractivity contribution in [1.82, 2.24) is 0 Å². The predicted octanol–water partition coefficient (Wildman–Crippen LogP) is 3.61. The Labute approximate surface area is 165 Å². The fraction of sp³-hybridized carbons (Fsp3) is 0.364. The molecule has 150 valence electrons. The number of hydrogen-bond donors (Lipinski definition) is 0. The second-order valence-electron chi connectivity index (χ2n) is 6.18. The molecule has 0 unspecified atom stereocenters. The summed E-state index contributed by atoms with van der Waals surface area (Å²) in [7, 11) is 4.43. The van der Waals surface area contributed by atoms with E-state index in [1.807, 2.05) is 30.4 Å². The summed E-state index contributed by atoms with van der Waals surface area (Å²) in [6.07, 6.45) is 9.06. The second-order valence-corrected chi connectivity index (χ2v) is 6.18. The number of benzene rings is 1. The molecule has 1 aliphatic rings. The monoisotopic (exact) mass is 386 g/mol. The number of allylic oxidation sites excluding steroid dienone is 4. The third-order valence-corrected chi connectivity index (χ3v) is 4.34. The second kappa shape index (κ2) is 11.1. The topological polar surface area (TPSA) is 71.1 Å². The molecule has 6 heteroatoms. The van der Waals surface area contributed by atoms with E-state index < -0.39 is 5.97 Å². The van der Waals surface area contributed by atoms with Crippen molar-refractivity contribution in [3.63, 3.8) is 0 Å². The Bertz CT molecular complexity index is 788. The Hall–Kier alpha value is -2.86. The Morgan fingerprint density at radius 1 is 1.11 bits per heavy atom. The van der Waals surface area contributed by atoms with Crippen molar-refractivity contribution in [1.29, 1.82) is 0 Å². The van der Waals surface area contributed by atoms with Crippen LogP contribution in [0.1, 0.15) is 30.4 Å². The number of carbonyl (C=O) groups is 2. The number of esters is 1. The number of aryl methyl sites for hydroxylation is 1. The van der Waals surface area contributed by atoms with Gasteiger partial charge in [-0.25, -0.2) is 4.79 Å². The molecule has 0 saturated heterocycles. The van der Waals surface area contributed by atoms with Crippen molar-refractivity contribution >= 4 is 17.8 Å². The van der Waals surface area contributed by atoms with Crippen LogP contribution in [0.4, 0.5) is 0 Å². The zero-order valence-corrected chi connectivity index (χ0v) is 16.5. The van der Waals surface area contributed by atoms with Gasteiger partial charge in [0.25, 0.3) is 0 Å². The van der Waals surface area contributed by atoms with Crippen molar-refractivity contribution in [3.05, 3.63) is 58.9 Å². The summed E-state index contributed by atoms with van der Waals surface area (Å²) in [4.78, 5) is 24.5. The van der Waals surface area contributed by atoms with Crippen LogP contribution in [0, 0.1) is 0 Å². The first kappa shape index (κ1) is 21.4. The number of methoxy groups -OCH3 is 3. The van der Waals surface area contributed by atoms with Gasteiger partial charge in [0, 0.05) is 20.0 Å². The molecule has 0 aliphatic heterocycles. The number of rotatable bonds is 5. The van der Waals surface area contributed by atoms with Crippen LogP contribution in [-0.2, 0) is 30.2 Å². The summed E-state index contributed by atoms with van der Waals surface area (Å²) >= 11 is 0. The number of carbonyl (C=O) groups excluding carboxylic acids is 2. The average molecular weight is 386 g/mol. The van der Waals surface area contributed by atoms with Gasteiger partial charge in [-0.1, -0.05) is 18.2 Å². The first-order valence-electron chi connectivity index (χ1n) is 9.06. The molecule has 0 amide bonds. The highest BCUT2D eigenvalue weighted by atomic mass is 16.7. The summed E-state index contributed by atoms with van der Waals surface area (Å²) < 4.78 is 20.6. The van der Waals surface area contributed by atoms with Crippen molar-refractivity contribution < 1.29 is 28.5 Å². The summed E-state index contributed by atoms with van der Waals surface area (Å²) in [6.45, 7) is 0.103. The minimum Gasteiger partial charge on any atom is -0.497 e. The molecular weight excluding hydrogens is 360 g/mol. The molecule has 0 fully saturated rings. The fourth-order valence-electron chi connectivity index (χ4n) is 2.85. The number of ketones is 1. The molecule has 1 aliphatic carbocycles. The van der Waals surface area contributed by atoms with Gasteiger partial charge in [-0.2, -0.15) is 0 Å². The number of ether oxygens (including phenoxy) is 4. The van der Waals surface area contributed by atoms with Crippen LogP contribution in [0.25, 0.3) is 6.08 Å². The smallest absolute Gasteiger partial charge is 0.341 e. The van der Waals surface area contributed by atoms with Gasteiger partial charge in [-0.05, 0) is 48.3 Å². The highest BCUT2D eigenvalue weighted by Crippen LogP contribution is 2.22. The van der Waals surface area contributed by atoms with E-state index in [0.717, 1.165) is 29.7 Å². The molecule has 1 aromatic carbocycles. The summed E-state index contributed by atoms with van der Waals surface area (Å²) in [6, 6.07) is 5.81. The average Bonchev–Trinajstić information content (AvgIpc) is 2.73. The Kier molecular flexibility index (Phi) is 8.49. The molecule has 2 rings (SSSR count). The lowest BCUT2D eigenvalue weighted by Crippen LogP contribution is -2.14. The van der Waals surface area contributed by atoms with Crippen LogP contribution < -0.4 is 4.74 Å². The minimum absolute atomic E-state index is 0.0131. The zero-order valence-electron chi connectivity index (χ0n) is 16.5. The summed E-state index contributed by atoms with van der Waals surface area (Å²) in [5.74, 6) is 0.494. The van der Waals surface area contributed by atoms with Gasteiger partial charge in [0.2, 0.25) is 0 Å². The lowest BCUT2D eigenvalue weighted by atomic mass is 10.0. The molecule has 0 bridgehead atoms. The molecule has 0 spiro atoms. The molecule has 28 heavy (non-hydrogen) atoms. The third kappa shape index (κ3) is 6.09. The standard InChI is InChI=1S/C22H26O6/c1-25-15-28-18-8-4-7-17-14-19(26-2)11-10-16(17)6-5-9-20(22(24)27-3)21(23)13-12-18/h5-6,8-11,14H,4,7,12-13,15H2,1-3H3/b6-5+,18-8+,20-9+. The van der Waals surface area contributed by atoms with E-state index in [9.17, 15) is 9.59 Å². The quantitative estimate of drug-likeness (QED) is 0.437. The molecule has 0 heterocycles. The van der Waals surface area contributed by atoms with E-state index in [4.69, 9.17) is 18.9 Å². The molecule has 0 saturated carbocycles. The van der Waals surface area contributed by atoms with Gasteiger partial charge in [0.15, 0.2) is 12.6 Å². The van der Waals surface area contributed by atoms with E-state index in [0.29, 0.717) is 12.2 Å². The van der Waals surface area contributed by atoms with Crippen molar-refractivity contribution in [2.45, 2.75) is 25.7 Å². The summed E-state index contributed by atoms with van der Waals surface area (Å²) in [5.41, 5.74) is 2.09. The zero-order chi connectivity index (χ0) is 20.4. The Morgan fingerprint density at radius 3 is 2.64 bits per heavy atom. The summed E-state index contributed by atoms with van der Waals surface area (Å²) in [5, 5.41) is 0. The van der Waals surface area contributed by atoms with Crippen LogP contribution in [-0.4, -0.2) is 39.9 Å². The largest absolute Gasteiger partial charge is 0.497 e. The first-order valence-corrected chi connectivity index (χ1v) is 9.06. The Balaban J connectivity index is 2.41. The van der Waals surface area contributed by atoms with Gasteiger partial charge >= 0.3 is 5.97 Å². The molecule has 1 aromatic rings. The van der Waals surface area contributed by atoms with E-state index in [-0.39, 0.29) is 24.6 Å². The molecule has 0 aromatic heterocycles. The maximum atomic E-state index is 12.5. The minimum atomic E-state index is -0.650. The van der Waals surface area contributed by atoms with E-state index >= 15 is 0 Å². The number of Topliss-reactive ketones (excluding diaryl/α,β-unsaturated/α-hetero) is 1. The van der Waals surface area contributed by atoms with Gasteiger partial charge in [0.05, 0.1) is 20.0 Å². The molecule has 0 radical (unpaired) electrons. The van der Waals surface area contributed by atoms with Crippen molar-refractivity contribution in [2.24, 2.45) is 0 Å². The van der Waals surface area contributed by atoms with Crippen LogP contribution in [0.3, 0.4) is 0 Å². The number of hydrogen-bond acceptors (Lipinski definition) is 6. The van der Waals surface area contributed by atoms with Crippen LogP contribution >= 0.6 is 0 Å². The van der Waals surface area contributed by atoms with E-state index in [1.54, 1.807) is 13.2 Å². The lowest BCUT2D eigenvalue weighted by molar-refractivity contribution is -0.137. The maximum absolute atomic E-state index is 12.5. The van der Waals surface area contributed by atoms with Crippen LogP contribution in [0.15, 0.2) is 47.8 Å². The SMILES string of the molecule is COCO/C1=C/CCc2cc(OC)ccc2/C=C/C=C(/C(=O)OC)C(=O)CC1. The maximum Gasteiger partial charge on any atom is 0.341 e. The van der Waals surface area contributed by atoms with Gasteiger partial charge in [0.1, 0.15) is 11.3 Å². The van der Waals surface area contributed by atoms with E-state index in [1.165, 1.54) is 20.3 Å². The predicted molar refractivity (Wildman–Crippen MR) is 106 cm³/mol. The lowest BCUT2D eigenvalue weighted by Gasteiger charge is -2.11. The first-order chi connectivity index (χ1) is 13.6. The van der Waals surface area contributed by atoms with Gasteiger partial charge in [-0.3, -0.25) is 4.79 Å². The number of fused-ring (bicyclic) bond motifs is 1. The highest BCUT2D eigenvalue weighted by molar-refractivity contribution is 6.17. The fourth-order valence-corrected chi connectivity index (χ4v) is 2.85. The molecular formula is C22H26O6. The molecule has 0 N–H and O–H groups in total. The molecule has 6 nitrogen and oxygen atoms in total. The van der Waals surface area contributed by atoms with E-state index in [2.05, 4.69) is 0 Å². The van der Waals surface area contributed by atoms with Crippen molar-refractivity contribution in [3.8, 4) is 5.75 Å². The molecule has 0 atom stereocenters. The van der Waals surface area contributed by atoms with Crippen molar-refractivity contribution in [2.75, 3.05) is 28.1 Å². The van der Waals surface area contributed by atoms with Crippen LogP contribution in [0.2, 0.25) is 0 Å². The Morgan fingerprint density at radius 2 is 1.93 bits per heavy atom. The normalized spacial score (nSPS) is 20.0. The van der Waals surface area contributed by atoms with Gasteiger partial charge < -0.3 is 18.9 Å².